The maximum Gasteiger partial charge on any atom is 0.339 e. The lowest BCUT2D eigenvalue weighted by Crippen LogP contribution is -2.31. The molecular weight excluding hydrogens is 140 g/mol. The highest BCUT2D eigenvalue weighted by Gasteiger charge is 1.99. The van der Waals surface area contributed by atoms with E-state index in [1.807, 2.05) is 6.92 Å². The van der Waals surface area contributed by atoms with Gasteiger partial charge in [0, 0.05) is 10.8 Å². The minimum Gasteiger partial charge on any atom is -0.423 e. The van der Waals surface area contributed by atoms with Gasteiger partial charge in [0.1, 0.15) is 5.42 Å². The smallest absolute Gasteiger partial charge is 0.339 e. The Bertz CT molecular complexity index is 426. The van der Waals surface area contributed by atoms with Crippen LogP contribution in [0.15, 0.2) is 9.21 Å². The van der Waals surface area contributed by atoms with Crippen LogP contribution >= 0.6 is 0 Å². The molecule has 0 radical (unpaired) electrons. The fourth-order valence-corrected chi connectivity index (χ4v) is 0.839. The lowest BCUT2D eigenvalue weighted by molar-refractivity contribution is 0.468. The van der Waals surface area contributed by atoms with Crippen molar-refractivity contribution < 1.29 is 4.42 Å². The highest BCUT2D eigenvalue weighted by atomic mass is 16.4. The molecule has 2 heteroatoms. The summed E-state index contributed by atoms with van der Waals surface area (Å²) >= 11 is 0. The fraction of sp³-hybridized carbons (Fsp3) is 0.222. The van der Waals surface area contributed by atoms with E-state index in [4.69, 9.17) is 4.42 Å². The third-order valence-electron chi connectivity index (χ3n) is 1.87. The molecule has 1 rings (SSSR count). The van der Waals surface area contributed by atoms with Crippen molar-refractivity contribution >= 4 is 13.2 Å². The molecule has 0 atom stereocenters. The van der Waals surface area contributed by atoms with Crippen LogP contribution in [0.25, 0.3) is 13.2 Å². The van der Waals surface area contributed by atoms with E-state index in [0.717, 1.165) is 5.56 Å². The van der Waals surface area contributed by atoms with Crippen molar-refractivity contribution in [2.24, 2.45) is 0 Å². The molecule has 2 nitrogen and oxygen atoms in total. The third kappa shape index (κ3) is 1.11. The zero-order valence-corrected chi connectivity index (χ0v) is 6.73. The average molecular weight is 150 g/mol. The van der Waals surface area contributed by atoms with Gasteiger partial charge in [-0.05, 0) is 19.4 Å². The van der Waals surface area contributed by atoms with E-state index in [2.05, 4.69) is 13.2 Å². The van der Waals surface area contributed by atoms with E-state index in [1.165, 1.54) is 0 Å². The fourth-order valence-electron chi connectivity index (χ4n) is 0.839. The number of rotatable bonds is 0. The Hall–Kier alpha value is -1.31. The Balaban J connectivity index is 3.89. The maximum atomic E-state index is 11.0. The lowest BCUT2D eigenvalue weighted by atomic mass is 10.1. The molecule has 1 aromatic heterocycles. The van der Waals surface area contributed by atoms with Crippen molar-refractivity contribution in [2.45, 2.75) is 13.8 Å². The van der Waals surface area contributed by atoms with Crippen LogP contribution in [0.2, 0.25) is 0 Å². The van der Waals surface area contributed by atoms with Crippen LogP contribution in [-0.4, -0.2) is 0 Å². The van der Waals surface area contributed by atoms with Crippen LogP contribution < -0.4 is 16.3 Å². The van der Waals surface area contributed by atoms with Gasteiger partial charge in [0.15, 0.2) is 0 Å². The van der Waals surface area contributed by atoms with Gasteiger partial charge in [0.25, 0.3) is 0 Å². The maximum absolute atomic E-state index is 11.0. The molecule has 1 aromatic rings. The molecule has 0 fully saturated rings. The van der Waals surface area contributed by atoms with Crippen molar-refractivity contribution in [3.63, 3.8) is 0 Å². The van der Waals surface area contributed by atoms with Crippen LogP contribution in [0.5, 0.6) is 0 Å². The molecule has 0 unspecified atom stereocenters. The van der Waals surface area contributed by atoms with E-state index in [0.29, 0.717) is 16.2 Å². The first kappa shape index (κ1) is 7.79. The summed E-state index contributed by atoms with van der Waals surface area (Å²) in [6.07, 6.45) is 0. The SMILES string of the molecule is C=c1oc(=O)c(C)c(C)c1=C. The molecule has 0 amide bonds. The Labute approximate surface area is 64.5 Å². The van der Waals surface area contributed by atoms with Gasteiger partial charge in [-0.1, -0.05) is 13.2 Å². The predicted molar refractivity (Wildman–Crippen MR) is 44.7 cm³/mol. The van der Waals surface area contributed by atoms with Crippen LogP contribution in [0.3, 0.4) is 0 Å². The molecule has 0 aliphatic rings. The van der Waals surface area contributed by atoms with Crippen molar-refractivity contribution in [1.29, 1.82) is 0 Å². The van der Waals surface area contributed by atoms with Gasteiger partial charge in [-0.25, -0.2) is 4.79 Å². The summed E-state index contributed by atoms with van der Waals surface area (Å²) < 4.78 is 4.79. The van der Waals surface area contributed by atoms with Crippen LogP contribution in [0.4, 0.5) is 0 Å². The molecule has 0 N–H and O–H groups in total. The molecule has 0 saturated heterocycles. The van der Waals surface area contributed by atoms with Gasteiger partial charge in [-0.2, -0.15) is 0 Å². The average Bonchev–Trinajstić information content (AvgIpc) is 1.97. The van der Waals surface area contributed by atoms with Crippen molar-refractivity contribution in [3.05, 3.63) is 32.2 Å². The second-order valence-corrected chi connectivity index (χ2v) is 2.54. The highest BCUT2D eigenvalue weighted by molar-refractivity contribution is 5.24. The summed E-state index contributed by atoms with van der Waals surface area (Å²) in [5.41, 5.74) is 1.52. The van der Waals surface area contributed by atoms with Crippen molar-refractivity contribution in [2.75, 3.05) is 0 Å². The highest BCUT2D eigenvalue weighted by Crippen LogP contribution is 1.88. The van der Waals surface area contributed by atoms with E-state index in [1.54, 1.807) is 6.92 Å². The minimum atomic E-state index is -0.320. The van der Waals surface area contributed by atoms with Gasteiger partial charge < -0.3 is 4.42 Å². The second-order valence-electron chi connectivity index (χ2n) is 2.54. The summed E-state index contributed by atoms with van der Waals surface area (Å²) in [4.78, 5) is 11.0. The monoisotopic (exact) mass is 150 g/mol. The van der Waals surface area contributed by atoms with E-state index in [-0.39, 0.29) is 5.63 Å². The zero-order chi connectivity index (χ0) is 8.59. The van der Waals surface area contributed by atoms with Crippen LogP contribution in [-0.2, 0) is 0 Å². The number of hydrogen-bond acceptors (Lipinski definition) is 2. The first-order valence-electron chi connectivity index (χ1n) is 3.32. The Kier molecular flexibility index (Phi) is 1.69. The van der Waals surface area contributed by atoms with Gasteiger partial charge in [-0.15, -0.1) is 0 Å². The van der Waals surface area contributed by atoms with E-state index in [9.17, 15) is 4.79 Å². The molecule has 0 saturated carbocycles. The molecule has 0 aliphatic carbocycles. The zero-order valence-electron chi connectivity index (χ0n) is 6.73. The van der Waals surface area contributed by atoms with Crippen molar-refractivity contribution in [1.82, 2.24) is 0 Å². The molecule has 0 bridgehead atoms. The van der Waals surface area contributed by atoms with Gasteiger partial charge in [-0.3, -0.25) is 0 Å². The summed E-state index contributed by atoms with van der Waals surface area (Å²) in [6.45, 7) is 10.8. The van der Waals surface area contributed by atoms with Crippen LogP contribution in [0.1, 0.15) is 11.1 Å². The quantitative estimate of drug-likeness (QED) is 0.524. The second kappa shape index (κ2) is 2.38. The Morgan fingerprint density at radius 2 is 1.73 bits per heavy atom. The molecule has 0 spiro atoms. The third-order valence-corrected chi connectivity index (χ3v) is 1.87. The normalized spacial score (nSPS) is 10.0. The lowest BCUT2D eigenvalue weighted by Gasteiger charge is -1.96. The van der Waals surface area contributed by atoms with E-state index >= 15 is 0 Å². The number of hydrogen-bond donors (Lipinski definition) is 0. The summed E-state index contributed by atoms with van der Waals surface area (Å²) in [6, 6.07) is 0. The predicted octanol–water partition coefficient (Wildman–Crippen LogP) is 0.0772. The Morgan fingerprint density at radius 1 is 1.18 bits per heavy atom. The van der Waals surface area contributed by atoms with Gasteiger partial charge in [0.2, 0.25) is 0 Å². The summed E-state index contributed by atoms with van der Waals surface area (Å²) in [5, 5.41) is 0.710. The van der Waals surface area contributed by atoms with Crippen LogP contribution in [0, 0.1) is 13.8 Å². The van der Waals surface area contributed by atoms with Crippen molar-refractivity contribution in [3.8, 4) is 0 Å². The summed E-state index contributed by atoms with van der Waals surface area (Å²) in [5.74, 6) is 0. The van der Waals surface area contributed by atoms with E-state index < -0.39 is 0 Å². The minimum absolute atomic E-state index is 0.320. The standard InChI is InChI=1S/C9H10O2/c1-5-6(2)8(4)11-9(10)7(5)3/h2,4H2,1,3H3. The molecule has 11 heavy (non-hydrogen) atoms. The molecule has 0 aromatic carbocycles. The largest absolute Gasteiger partial charge is 0.423 e. The molecule has 58 valence electrons. The van der Waals surface area contributed by atoms with Gasteiger partial charge >= 0.3 is 5.63 Å². The topological polar surface area (TPSA) is 30.2 Å². The van der Waals surface area contributed by atoms with Gasteiger partial charge in [0.05, 0.1) is 0 Å². The molecule has 1 heterocycles. The molecular formula is C9H10O2. The Morgan fingerprint density at radius 3 is 2.27 bits per heavy atom. The molecule has 0 aliphatic heterocycles. The summed E-state index contributed by atoms with van der Waals surface area (Å²) in [7, 11) is 0. The first-order chi connectivity index (χ1) is 5.04. The first-order valence-corrected chi connectivity index (χ1v) is 3.32.